The summed E-state index contributed by atoms with van der Waals surface area (Å²) in [5.41, 5.74) is 11.2. The monoisotopic (exact) mass is 545 g/mol. The van der Waals surface area contributed by atoms with Gasteiger partial charge in [-0.15, -0.1) is 0 Å². The number of aromatic nitrogens is 2. The maximum atomic E-state index is 13.3. The molecule has 7 heteroatoms. The zero-order valence-electron chi connectivity index (χ0n) is 24.2. The molecule has 2 fully saturated rings. The first kappa shape index (κ1) is 28.8. The number of fused-ring (bicyclic) bond motifs is 1. The molecule has 5 rings (SSSR count). The van der Waals surface area contributed by atoms with Gasteiger partial charge >= 0.3 is 0 Å². The van der Waals surface area contributed by atoms with Gasteiger partial charge in [0.15, 0.2) is 0 Å². The summed E-state index contributed by atoms with van der Waals surface area (Å²) >= 11 is 0. The highest BCUT2D eigenvalue weighted by Crippen LogP contribution is 2.30. The first-order chi connectivity index (χ1) is 19.6. The van der Waals surface area contributed by atoms with Crippen LogP contribution in [0.1, 0.15) is 80.7 Å². The lowest BCUT2D eigenvalue weighted by atomic mass is 9.95. The van der Waals surface area contributed by atoms with Crippen LogP contribution < -0.4 is 11.1 Å². The van der Waals surface area contributed by atoms with Gasteiger partial charge in [-0.2, -0.15) is 0 Å². The fraction of sp³-hybridized carbons (Fsp3) is 0.576. The molecular formula is C33H47N5O2. The van der Waals surface area contributed by atoms with E-state index in [2.05, 4.69) is 52.3 Å². The summed E-state index contributed by atoms with van der Waals surface area (Å²) in [5, 5.41) is 3.71. The van der Waals surface area contributed by atoms with E-state index < -0.39 is 0 Å². The number of carbonyl (C=O) groups is 1. The lowest BCUT2D eigenvalue weighted by molar-refractivity contribution is -0.132. The van der Waals surface area contributed by atoms with Gasteiger partial charge < -0.3 is 25.3 Å². The maximum Gasteiger partial charge on any atom is 0.224 e. The van der Waals surface area contributed by atoms with E-state index in [-0.39, 0.29) is 17.9 Å². The number of benzene rings is 2. The molecule has 0 spiro atoms. The van der Waals surface area contributed by atoms with Gasteiger partial charge in [-0.25, -0.2) is 4.98 Å². The third-order valence-corrected chi connectivity index (χ3v) is 8.71. The van der Waals surface area contributed by atoms with Gasteiger partial charge in [0.05, 0.1) is 11.0 Å². The van der Waals surface area contributed by atoms with Crippen LogP contribution in [0, 0.1) is 0 Å². The van der Waals surface area contributed by atoms with E-state index in [9.17, 15) is 4.79 Å². The zero-order chi connectivity index (χ0) is 27.7. The van der Waals surface area contributed by atoms with Crippen LogP contribution in [0.15, 0.2) is 48.5 Å². The molecule has 3 N–H and O–H groups in total. The summed E-state index contributed by atoms with van der Waals surface area (Å²) in [6.07, 6.45) is 10.7. The number of carbonyl (C=O) groups excluding carboxylic acids is 1. The number of nitrogens with zero attached hydrogens (tertiary/aromatic N) is 3. The molecule has 0 bridgehead atoms. The number of rotatable bonds is 12. The predicted molar refractivity (Wildman–Crippen MR) is 161 cm³/mol. The molecule has 1 aliphatic heterocycles. The molecule has 1 aromatic heterocycles. The van der Waals surface area contributed by atoms with Crippen LogP contribution in [0.2, 0.25) is 0 Å². The highest BCUT2D eigenvalue weighted by Gasteiger charge is 2.29. The highest BCUT2D eigenvalue weighted by molar-refractivity contribution is 5.77. The number of methoxy groups -OCH3 is 1. The van der Waals surface area contributed by atoms with Gasteiger partial charge in [0, 0.05) is 64.3 Å². The van der Waals surface area contributed by atoms with Gasteiger partial charge in [0.2, 0.25) is 5.91 Å². The third-order valence-electron chi connectivity index (χ3n) is 8.71. The van der Waals surface area contributed by atoms with Crippen molar-refractivity contribution < 1.29 is 9.53 Å². The Hall–Kier alpha value is -2.74. The average molecular weight is 546 g/mol. The summed E-state index contributed by atoms with van der Waals surface area (Å²) < 4.78 is 7.64. The normalized spacial score (nSPS) is 19.2. The van der Waals surface area contributed by atoms with E-state index >= 15 is 0 Å². The van der Waals surface area contributed by atoms with Crippen LogP contribution >= 0.6 is 0 Å². The van der Waals surface area contributed by atoms with Gasteiger partial charge in [-0.05, 0) is 61.8 Å². The molecule has 1 amide bonds. The minimum Gasteiger partial charge on any atom is -0.385 e. The number of nitrogens with one attached hydrogen (secondary N) is 1. The first-order valence-corrected chi connectivity index (χ1v) is 15.4. The van der Waals surface area contributed by atoms with Crippen molar-refractivity contribution in [3.8, 4) is 0 Å². The number of nitrogens with two attached hydrogens (primary N) is 1. The summed E-state index contributed by atoms with van der Waals surface area (Å²) in [5.74, 6) is 1.49. The maximum absolute atomic E-state index is 13.3. The molecule has 3 aromatic rings. The Morgan fingerprint density at radius 2 is 1.82 bits per heavy atom. The number of hydrogen-bond donors (Lipinski definition) is 2. The molecule has 0 radical (unpaired) electrons. The van der Waals surface area contributed by atoms with Crippen LogP contribution in [-0.2, 0) is 29.0 Å². The van der Waals surface area contributed by atoms with Crippen molar-refractivity contribution in [3.05, 3.63) is 65.5 Å². The van der Waals surface area contributed by atoms with Crippen molar-refractivity contribution >= 4 is 16.9 Å². The number of amides is 1. The van der Waals surface area contributed by atoms with Gasteiger partial charge in [-0.3, -0.25) is 4.79 Å². The summed E-state index contributed by atoms with van der Waals surface area (Å²) in [4.78, 5) is 20.4. The van der Waals surface area contributed by atoms with Crippen molar-refractivity contribution in [1.82, 2.24) is 19.8 Å². The Bertz CT molecular complexity index is 1220. The molecule has 1 saturated heterocycles. The lowest BCUT2D eigenvalue weighted by Gasteiger charge is -2.33. The molecule has 1 saturated carbocycles. The van der Waals surface area contributed by atoms with E-state index in [1.165, 1.54) is 43.2 Å². The SMILES string of the molecule is COCCCn1c([C@@H]2CCCN(C(=O)C[C@H](N)Cc3ccc(CNC4CCCCC4)cc3)C2)nc2ccccc21. The van der Waals surface area contributed by atoms with Crippen molar-refractivity contribution in [2.24, 2.45) is 5.73 Å². The Morgan fingerprint density at radius 3 is 2.62 bits per heavy atom. The molecule has 2 aliphatic rings. The molecule has 40 heavy (non-hydrogen) atoms. The van der Waals surface area contributed by atoms with Gasteiger partial charge in [0.25, 0.3) is 0 Å². The van der Waals surface area contributed by atoms with E-state index in [1.807, 2.05) is 11.0 Å². The Kier molecular flexibility index (Phi) is 10.2. The van der Waals surface area contributed by atoms with Crippen molar-refractivity contribution in [2.45, 2.75) is 95.3 Å². The Labute approximate surface area is 239 Å². The van der Waals surface area contributed by atoms with Crippen molar-refractivity contribution in [1.29, 1.82) is 0 Å². The number of imidazole rings is 1. The van der Waals surface area contributed by atoms with E-state index in [4.69, 9.17) is 15.5 Å². The number of piperidine rings is 1. The minimum atomic E-state index is -0.183. The Balaban J connectivity index is 1.14. The minimum absolute atomic E-state index is 0.160. The van der Waals surface area contributed by atoms with Crippen molar-refractivity contribution in [2.75, 3.05) is 26.8 Å². The first-order valence-electron chi connectivity index (χ1n) is 15.4. The predicted octanol–water partition coefficient (Wildman–Crippen LogP) is 5.16. The number of aryl methyl sites for hydroxylation is 1. The lowest BCUT2D eigenvalue weighted by Crippen LogP contribution is -2.42. The average Bonchev–Trinajstić information content (AvgIpc) is 3.36. The van der Waals surface area contributed by atoms with E-state index in [0.717, 1.165) is 62.4 Å². The molecule has 216 valence electrons. The summed E-state index contributed by atoms with van der Waals surface area (Å²) in [7, 11) is 1.74. The second-order valence-corrected chi connectivity index (χ2v) is 11.8. The van der Waals surface area contributed by atoms with Gasteiger partial charge in [-0.1, -0.05) is 55.7 Å². The van der Waals surface area contributed by atoms with Crippen molar-refractivity contribution in [3.63, 3.8) is 0 Å². The standard InChI is InChI=1S/C33H47N5O2/c1-40-20-8-19-38-31-13-6-5-12-30(31)36-33(38)27-9-7-18-37(24-27)32(39)22-28(34)21-25-14-16-26(17-15-25)23-35-29-10-3-2-4-11-29/h5-6,12-17,27-29,35H,2-4,7-11,18-24,34H2,1H3/t27-,28-/m1/s1. The second kappa shape index (κ2) is 14.2. The quantitative estimate of drug-likeness (QED) is 0.307. The van der Waals surface area contributed by atoms with Crippen LogP contribution in [0.25, 0.3) is 11.0 Å². The number of ether oxygens (including phenoxy) is 1. The molecular weight excluding hydrogens is 498 g/mol. The zero-order valence-corrected chi connectivity index (χ0v) is 24.2. The molecule has 2 atom stereocenters. The molecule has 2 aromatic carbocycles. The fourth-order valence-corrected chi connectivity index (χ4v) is 6.51. The van der Waals surface area contributed by atoms with E-state index in [1.54, 1.807) is 7.11 Å². The summed E-state index contributed by atoms with van der Waals surface area (Å²) in [6, 6.07) is 17.6. The molecule has 7 nitrogen and oxygen atoms in total. The largest absolute Gasteiger partial charge is 0.385 e. The number of likely N-dealkylation sites (tertiary alicyclic amines) is 1. The summed E-state index contributed by atoms with van der Waals surface area (Å²) in [6.45, 7) is 4.02. The van der Waals surface area contributed by atoms with Crippen LogP contribution in [0.4, 0.5) is 0 Å². The van der Waals surface area contributed by atoms with Crippen LogP contribution in [-0.4, -0.2) is 59.2 Å². The third kappa shape index (κ3) is 7.50. The Morgan fingerprint density at radius 1 is 1.05 bits per heavy atom. The van der Waals surface area contributed by atoms with Crippen LogP contribution in [0.3, 0.4) is 0 Å². The van der Waals surface area contributed by atoms with E-state index in [0.29, 0.717) is 25.4 Å². The smallest absolute Gasteiger partial charge is 0.224 e. The molecule has 0 unspecified atom stereocenters. The van der Waals surface area contributed by atoms with Crippen LogP contribution in [0.5, 0.6) is 0 Å². The van der Waals surface area contributed by atoms with Gasteiger partial charge in [0.1, 0.15) is 5.82 Å². The topological polar surface area (TPSA) is 85.4 Å². The number of para-hydroxylation sites is 2. The number of hydrogen-bond acceptors (Lipinski definition) is 5. The molecule has 1 aliphatic carbocycles. The highest BCUT2D eigenvalue weighted by atomic mass is 16.5. The second-order valence-electron chi connectivity index (χ2n) is 11.8. The molecule has 2 heterocycles. The fourth-order valence-electron chi connectivity index (χ4n) is 6.51.